The number of carbonyl (C=O) groups excluding carboxylic acids is 1. The van der Waals surface area contributed by atoms with Crippen LogP contribution in [0.2, 0.25) is 0 Å². The van der Waals surface area contributed by atoms with Crippen LogP contribution in [0.15, 0.2) is 58.3 Å². The fourth-order valence-corrected chi connectivity index (χ4v) is 3.15. The van der Waals surface area contributed by atoms with Gasteiger partial charge in [-0.05, 0) is 25.5 Å². The minimum atomic E-state index is -0.455. The summed E-state index contributed by atoms with van der Waals surface area (Å²) in [5, 5.41) is 2.76. The first-order valence-corrected chi connectivity index (χ1v) is 9.56. The third kappa shape index (κ3) is 4.83. The summed E-state index contributed by atoms with van der Waals surface area (Å²) < 4.78 is 8.75. The molecule has 2 heterocycles. The SMILES string of the molecule is Cc1cc(C)n(CCNC(=O)c2c(OCc3ccccc3)c(=O)ccn2C)c(=O)n1. The summed E-state index contributed by atoms with van der Waals surface area (Å²) in [5.41, 5.74) is 1.70. The summed E-state index contributed by atoms with van der Waals surface area (Å²) >= 11 is 0. The van der Waals surface area contributed by atoms with E-state index in [0.29, 0.717) is 5.69 Å². The number of pyridine rings is 1. The van der Waals surface area contributed by atoms with Gasteiger partial charge < -0.3 is 14.6 Å². The monoisotopic (exact) mass is 408 g/mol. The summed E-state index contributed by atoms with van der Waals surface area (Å²) in [6, 6.07) is 12.6. The van der Waals surface area contributed by atoms with Crippen molar-refractivity contribution in [3.63, 3.8) is 0 Å². The molecule has 0 saturated carbocycles. The van der Waals surface area contributed by atoms with Gasteiger partial charge in [0, 0.05) is 43.8 Å². The Balaban J connectivity index is 1.75. The molecule has 3 rings (SSSR count). The molecule has 8 nitrogen and oxygen atoms in total. The predicted octanol–water partition coefficient (Wildman–Crippen LogP) is 1.57. The lowest BCUT2D eigenvalue weighted by Gasteiger charge is -2.15. The molecular weight excluding hydrogens is 384 g/mol. The Morgan fingerprint density at radius 1 is 1.13 bits per heavy atom. The molecule has 1 N–H and O–H groups in total. The lowest BCUT2D eigenvalue weighted by atomic mass is 10.2. The van der Waals surface area contributed by atoms with Crippen molar-refractivity contribution in [2.75, 3.05) is 6.54 Å². The van der Waals surface area contributed by atoms with E-state index in [9.17, 15) is 14.4 Å². The first-order valence-electron chi connectivity index (χ1n) is 9.56. The van der Waals surface area contributed by atoms with Gasteiger partial charge in [0.15, 0.2) is 11.4 Å². The maximum atomic E-state index is 12.8. The van der Waals surface area contributed by atoms with Crippen LogP contribution in [0.4, 0.5) is 0 Å². The molecule has 0 aliphatic rings. The quantitative estimate of drug-likeness (QED) is 0.640. The van der Waals surface area contributed by atoms with E-state index < -0.39 is 5.91 Å². The Labute approximate surface area is 173 Å². The molecule has 0 fully saturated rings. The molecule has 30 heavy (non-hydrogen) atoms. The Bertz CT molecular complexity index is 1170. The highest BCUT2D eigenvalue weighted by Crippen LogP contribution is 2.14. The zero-order chi connectivity index (χ0) is 21.7. The van der Waals surface area contributed by atoms with Gasteiger partial charge in [-0.3, -0.25) is 14.2 Å². The first kappa shape index (κ1) is 21.0. The van der Waals surface area contributed by atoms with Crippen molar-refractivity contribution in [2.45, 2.75) is 27.0 Å². The van der Waals surface area contributed by atoms with Crippen LogP contribution in [0.1, 0.15) is 27.4 Å². The van der Waals surface area contributed by atoms with Crippen LogP contribution < -0.4 is 21.2 Å². The van der Waals surface area contributed by atoms with Crippen molar-refractivity contribution in [3.8, 4) is 5.75 Å². The van der Waals surface area contributed by atoms with E-state index in [2.05, 4.69) is 10.3 Å². The molecule has 0 unspecified atom stereocenters. The number of carbonyl (C=O) groups is 1. The zero-order valence-electron chi connectivity index (χ0n) is 17.2. The summed E-state index contributed by atoms with van der Waals surface area (Å²) in [6.45, 7) is 4.21. The van der Waals surface area contributed by atoms with Gasteiger partial charge in [0.1, 0.15) is 6.61 Å². The van der Waals surface area contributed by atoms with Gasteiger partial charge in [-0.1, -0.05) is 30.3 Å². The molecule has 1 amide bonds. The number of hydrogen-bond acceptors (Lipinski definition) is 5. The second-order valence-corrected chi connectivity index (χ2v) is 6.97. The van der Waals surface area contributed by atoms with Gasteiger partial charge >= 0.3 is 5.69 Å². The largest absolute Gasteiger partial charge is 0.483 e. The van der Waals surface area contributed by atoms with Crippen LogP contribution in [0.3, 0.4) is 0 Å². The Kier molecular flexibility index (Phi) is 6.46. The van der Waals surface area contributed by atoms with E-state index in [1.807, 2.05) is 37.3 Å². The zero-order valence-corrected chi connectivity index (χ0v) is 17.2. The summed E-state index contributed by atoms with van der Waals surface area (Å²) in [4.78, 5) is 41.1. The topological polar surface area (TPSA) is 95.2 Å². The van der Waals surface area contributed by atoms with Crippen LogP contribution in [0, 0.1) is 13.8 Å². The lowest BCUT2D eigenvalue weighted by molar-refractivity contribution is 0.0937. The van der Waals surface area contributed by atoms with Gasteiger partial charge in [0.25, 0.3) is 5.91 Å². The number of aryl methyl sites for hydroxylation is 3. The molecule has 0 radical (unpaired) electrons. The number of ether oxygens (including phenoxy) is 1. The molecule has 1 aromatic carbocycles. The van der Waals surface area contributed by atoms with Gasteiger partial charge in [0.05, 0.1) is 0 Å². The highest BCUT2D eigenvalue weighted by atomic mass is 16.5. The van der Waals surface area contributed by atoms with Gasteiger partial charge in [0.2, 0.25) is 5.43 Å². The van der Waals surface area contributed by atoms with E-state index >= 15 is 0 Å². The maximum absolute atomic E-state index is 12.8. The Morgan fingerprint density at radius 2 is 1.87 bits per heavy atom. The summed E-state index contributed by atoms with van der Waals surface area (Å²) in [6.07, 6.45) is 1.52. The molecule has 3 aromatic rings. The van der Waals surface area contributed by atoms with E-state index in [0.717, 1.165) is 11.3 Å². The van der Waals surface area contributed by atoms with Gasteiger partial charge in [-0.25, -0.2) is 4.79 Å². The molecule has 0 spiro atoms. The average Bonchev–Trinajstić information content (AvgIpc) is 2.71. The number of aromatic nitrogens is 3. The molecule has 156 valence electrons. The fourth-order valence-electron chi connectivity index (χ4n) is 3.15. The van der Waals surface area contributed by atoms with E-state index in [1.165, 1.54) is 16.8 Å². The Hall–Kier alpha value is -3.68. The highest BCUT2D eigenvalue weighted by Gasteiger charge is 2.19. The van der Waals surface area contributed by atoms with E-state index in [4.69, 9.17) is 4.74 Å². The summed E-state index contributed by atoms with van der Waals surface area (Å²) in [7, 11) is 1.67. The van der Waals surface area contributed by atoms with Crippen molar-refractivity contribution in [1.29, 1.82) is 0 Å². The predicted molar refractivity (Wildman–Crippen MR) is 113 cm³/mol. The first-order chi connectivity index (χ1) is 14.4. The van der Waals surface area contributed by atoms with Crippen molar-refractivity contribution in [2.24, 2.45) is 7.05 Å². The molecule has 2 aromatic heterocycles. The van der Waals surface area contributed by atoms with Crippen LogP contribution >= 0.6 is 0 Å². The second-order valence-electron chi connectivity index (χ2n) is 6.97. The normalized spacial score (nSPS) is 10.6. The smallest absolute Gasteiger partial charge is 0.348 e. The van der Waals surface area contributed by atoms with Gasteiger partial charge in [-0.2, -0.15) is 4.98 Å². The molecule has 0 atom stereocenters. The van der Waals surface area contributed by atoms with Gasteiger partial charge in [-0.15, -0.1) is 0 Å². The van der Waals surface area contributed by atoms with Crippen LogP contribution in [0.5, 0.6) is 5.75 Å². The van der Waals surface area contributed by atoms with Crippen LogP contribution in [-0.2, 0) is 20.2 Å². The van der Waals surface area contributed by atoms with Crippen molar-refractivity contribution in [3.05, 3.63) is 92.0 Å². The van der Waals surface area contributed by atoms with Crippen molar-refractivity contribution in [1.82, 2.24) is 19.4 Å². The minimum Gasteiger partial charge on any atom is -0.483 e. The molecule has 0 aliphatic carbocycles. The van der Waals surface area contributed by atoms with Crippen molar-refractivity contribution < 1.29 is 9.53 Å². The highest BCUT2D eigenvalue weighted by molar-refractivity contribution is 5.95. The number of hydrogen-bond donors (Lipinski definition) is 1. The number of nitrogens with zero attached hydrogens (tertiary/aromatic N) is 3. The lowest BCUT2D eigenvalue weighted by Crippen LogP contribution is -2.34. The third-order valence-electron chi connectivity index (χ3n) is 4.65. The number of nitrogens with one attached hydrogen (secondary N) is 1. The van der Waals surface area contributed by atoms with E-state index in [1.54, 1.807) is 24.6 Å². The Morgan fingerprint density at radius 3 is 2.57 bits per heavy atom. The number of benzene rings is 1. The maximum Gasteiger partial charge on any atom is 0.348 e. The minimum absolute atomic E-state index is 0.00768. The fraction of sp³-hybridized carbons (Fsp3) is 0.273. The third-order valence-corrected chi connectivity index (χ3v) is 4.65. The molecule has 0 aliphatic heterocycles. The summed E-state index contributed by atoms with van der Waals surface area (Å²) in [5.74, 6) is -0.462. The molecule has 0 bridgehead atoms. The van der Waals surface area contributed by atoms with Crippen LogP contribution in [0.25, 0.3) is 0 Å². The number of rotatable bonds is 7. The average molecular weight is 408 g/mol. The second kappa shape index (κ2) is 9.21. The van der Waals surface area contributed by atoms with E-state index in [-0.39, 0.29) is 42.3 Å². The number of amides is 1. The molecule has 0 saturated heterocycles. The van der Waals surface area contributed by atoms with Crippen LogP contribution in [-0.4, -0.2) is 26.6 Å². The molecular formula is C22H24N4O4. The standard InChI is InChI=1S/C22H24N4O4/c1-15-13-16(2)26(22(29)24-15)12-10-23-21(28)19-20(18(27)9-11-25(19)3)30-14-17-7-5-4-6-8-17/h4-9,11,13H,10,12,14H2,1-3H3,(H,23,28). The molecule has 8 heteroatoms. The van der Waals surface area contributed by atoms with Crippen molar-refractivity contribution >= 4 is 5.91 Å².